The van der Waals surface area contributed by atoms with Crippen molar-refractivity contribution in [2.24, 2.45) is 0 Å². The van der Waals surface area contributed by atoms with E-state index in [9.17, 15) is 9.59 Å². The number of aromatic amines is 1. The van der Waals surface area contributed by atoms with Gasteiger partial charge in [-0.2, -0.15) is 0 Å². The fourth-order valence-electron chi connectivity index (χ4n) is 2.41. The summed E-state index contributed by atoms with van der Waals surface area (Å²) in [4.78, 5) is 32.7. The quantitative estimate of drug-likeness (QED) is 0.696. The summed E-state index contributed by atoms with van der Waals surface area (Å²) in [6.07, 6.45) is 2.22. The Bertz CT molecular complexity index is 964. The zero-order valence-corrected chi connectivity index (χ0v) is 15.4. The molecule has 0 aliphatic rings. The zero-order chi connectivity index (χ0) is 18.5. The van der Waals surface area contributed by atoms with Gasteiger partial charge in [0.15, 0.2) is 10.9 Å². The Morgan fingerprint density at radius 1 is 1.31 bits per heavy atom. The number of aryl methyl sites for hydroxylation is 2. The molecule has 0 aliphatic carbocycles. The lowest BCUT2D eigenvalue weighted by molar-refractivity contribution is 0.102. The molecule has 0 saturated carbocycles. The molecule has 0 radical (unpaired) electrons. The molecular formula is C19H19N3O3S. The molecule has 0 bridgehead atoms. The van der Waals surface area contributed by atoms with Gasteiger partial charge in [-0.3, -0.25) is 14.9 Å². The molecule has 0 saturated heterocycles. The summed E-state index contributed by atoms with van der Waals surface area (Å²) in [6, 6.07) is 10.8. The van der Waals surface area contributed by atoms with Crippen LogP contribution in [0.25, 0.3) is 0 Å². The Morgan fingerprint density at radius 3 is 2.73 bits per heavy atom. The maximum absolute atomic E-state index is 12.3. The number of aromatic nitrogens is 2. The van der Waals surface area contributed by atoms with E-state index in [2.05, 4.69) is 15.3 Å². The van der Waals surface area contributed by atoms with Crippen molar-refractivity contribution in [3.63, 3.8) is 0 Å². The summed E-state index contributed by atoms with van der Waals surface area (Å²) in [5.74, 6) is -0.239. The van der Waals surface area contributed by atoms with Crippen molar-refractivity contribution in [3.05, 3.63) is 74.6 Å². The highest BCUT2D eigenvalue weighted by Gasteiger charge is 2.13. The molecule has 3 rings (SSSR count). The number of anilines is 1. The van der Waals surface area contributed by atoms with Crippen LogP contribution in [0.3, 0.4) is 0 Å². The van der Waals surface area contributed by atoms with Gasteiger partial charge in [0, 0.05) is 17.1 Å². The number of hydrogen-bond donors (Lipinski definition) is 2. The van der Waals surface area contributed by atoms with Gasteiger partial charge in [-0.05, 0) is 18.9 Å². The van der Waals surface area contributed by atoms with Crippen LogP contribution in [0.4, 0.5) is 5.13 Å². The summed E-state index contributed by atoms with van der Waals surface area (Å²) in [5, 5.41) is 3.24. The third-order valence-corrected chi connectivity index (χ3v) is 4.74. The van der Waals surface area contributed by atoms with E-state index in [0.29, 0.717) is 5.13 Å². The van der Waals surface area contributed by atoms with Crippen LogP contribution in [0, 0.1) is 6.92 Å². The summed E-state index contributed by atoms with van der Waals surface area (Å²) in [6.45, 7) is 4.26. The number of ether oxygens (including phenoxy) is 1. The fourth-order valence-corrected chi connectivity index (χ4v) is 3.31. The van der Waals surface area contributed by atoms with E-state index in [1.807, 2.05) is 44.2 Å². The molecule has 1 amide bonds. The molecule has 0 aliphatic heterocycles. The molecule has 0 atom stereocenters. The molecule has 6 nitrogen and oxygen atoms in total. The minimum Gasteiger partial charge on any atom is -0.483 e. The summed E-state index contributed by atoms with van der Waals surface area (Å²) < 4.78 is 5.52. The number of nitrogens with one attached hydrogen (secondary N) is 2. The smallest absolute Gasteiger partial charge is 0.273 e. The molecule has 3 aromatic rings. The lowest BCUT2D eigenvalue weighted by Crippen LogP contribution is -2.17. The fraction of sp³-hybridized carbons (Fsp3) is 0.211. The first-order chi connectivity index (χ1) is 12.6. The van der Waals surface area contributed by atoms with Gasteiger partial charge in [0.2, 0.25) is 5.43 Å². The lowest BCUT2D eigenvalue weighted by atomic mass is 10.2. The van der Waals surface area contributed by atoms with Gasteiger partial charge in [-0.25, -0.2) is 4.98 Å². The standard InChI is InChI=1S/C19H19N3O3S/c1-3-14-12(2)26-19(21-14)22-18(24)15-9-16(23)17(10-20-15)25-11-13-7-5-4-6-8-13/h4-10H,3,11H2,1-2H3,(H,20,23)(H,21,22,24). The second-order valence-electron chi connectivity index (χ2n) is 5.68. The number of thiazole rings is 1. The Morgan fingerprint density at radius 2 is 2.08 bits per heavy atom. The molecule has 1 aromatic carbocycles. The zero-order valence-electron chi connectivity index (χ0n) is 14.5. The van der Waals surface area contributed by atoms with Gasteiger partial charge in [0.05, 0.1) is 5.69 Å². The van der Waals surface area contributed by atoms with Crippen LogP contribution in [0.15, 0.2) is 47.4 Å². The number of rotatable bonds is 6. The SMILES string of the molecule is CCc1nc(NC(=O)c2cc(=O)c(OCc3ccccc3)c[nH]2)sc1C. The van der Waals surface area contributed by atoms with E-state index in [4.69, 9.17) is 4.74 Å². The van der Waals surface area contributed by atoms with Crippen LogP contribution < -0.4 is 15.5 Å². The molecule has 0 unspecified atom stereocenters. The molecule has 134 valence electrons. The molecule has 7 heteroatoms. The van der Waals surface area contributed by atoms with E-state index in [0.717, 1.165) is 22.6 Å². The number of carbonyl (C=O) groups is 1. The van der Waals surface area contributed by atoms with Gasteiger partial charge >= 0.3 is 0 Å². The third kappa shape index (κ3) is 4.18. The molecule has 0 fully saturated rings. The number of H-pyrrole nitrogens is 1. The largest absolute Gasteiger partial charge is 0.483 e. The maximum atomic E-state index is 12.3. The number of pyridine rings is 1. The highest BCUT2D eigenvalue weighted by atomic mass is 32.1. The van der Waals surface area contributed by atoms with Crippen LogP contribution >= 0.6 is 11.3 Å². The predicted octanol–water partition coefficient (Wildman–Crippen LogP) is 3.53. The van der Waals surface area contributed by atoms with E-state index in [-0.39, 0.29) is 23.5 Å². The van der Waals surface area contributed by atoms with E-state index < -0.39 is 5.91 Å². The second-order valence-corrected chi connectivity index (χ2v) is 6.88. The van der Waals surface area contributed by atoms with Crippen molar-refractivity contribution in [3.8, 4) is 5.75 Å². The first kappa shape index (κ1) is 17.9. The number of carbonyl (C=O) groups excluding carboxylic acids is 1. The summed E-state index contributed by atoms with van der Waals surface area (Å²) in [5.41, 5.74) is 1.73. The number of hydrogen-bond acceptors (Lipinski definition) is 5. The third-order valence-electron chi connectivity index (χ3n) is 3.81. The number of nitrogens with zero attached hydrogens (tertiary/aromatic N) is 1. The monoisotopic (exact) mass is 369 g/mol. The molecule has 2 aromatic heterocycles. The lowest BCUT2D eigenvalue weighted by Gasteiger charge is -2.07. The van der Waals surface area contributed by atoms with Crippen molar-refractivity contribution < 1.29 is 9.53 Å². The summed E-state index contributed by atoms with van der Waals surface area (Å²) >= 11 is 1.42. The van der Waals surface area contributed by atoms with Gasteiger partial charge in [0.25, 0.3) is 5.91 Å². The molecule has 2 heterocycles. The van der Waals surface area contributed by atoms with Crippen LogP contribution in [-0.2, 0) is 13.0 Å². The van der Waals surface area contributed by atoms with Crippen molar-refractivity contribution in [2.45, 2.75) is 26.9 Å². The van der Waals surface area contributed by atoms with E-state index in [1.54, 1.807) is 0 Å². The first-order valence-electron chi connectivity index (χ1n) is 8.24. The Hall–Kier alpha value is -2.93. The molecule has 0 spiro atoms. The van der Waals surface area contributed by atoms with Gasteiger partial charge in [0.1, 0.15) is 12.3 Å². The van der Waals surface area contributed by atoms with Crippen LogP contribution in [0.2, 0.25) is 0 Å². The van der Waals surface area contributed by atoms with E-state index >= 15 is 0 Å². The average molecular weight is 369 g/mol. The average Bonchev–Trinajstić information content (AvgIpc) is 3.00. The Labute approximate surface area is 154 Å². The normalized spacial score (nSPS) is 10.5. The van der Waals surface area contributed by atoms with Crippen molar-refractivity contribution >= 4 is 22.4 Å². The van der Waals surface area contributed by atoms with Crippen LogP contribution in [-0.4, -0.2) is 15.9 Å². The number of amides is 1. The summed E-state index contributed by atoms with van der Waals surface area (Å²) in [7, 11) is 0. The van der Waals surface area contributed by atoms with Gasteiger partial charge in [-0.15, -0.1) is 11.3 Å². The molecule has 26 heavy (non-hydrogen) atoms. The van der Waals surface area contributed by atoms with Crippen LogP contribution in [0.1, 0.15) is 33.5 Å². The minimum atomic E-state index is -0.409. The molecule has 2 N–H and O–H groups in total. The number of benzene rings is 1. The maximum Gasteiger partial charge on any atom is 0.273 e. The van der Waals surface area contributed by atoms with Gasteiger partial charge in [-0.1, -0.05) is 37.3 Å². The van der Waals surface area contributed by atoms with Crippen molar-refractivity contribution in [2.75, 3.05) is 5.32 Å². The molecular weight excluding hydrogens is 350 g/mol. The van der Waals surface area contributed by atoms with Crippen molar-refractivity contribution in [1.82, 2.24) is 9.97 Å². The van der Waals surface area contributed by atoms with E-state index in [1.165, 1.54) is 23.6 Å². The highest BCUT2D eigenvalue weighted by Crippen LogP contribution is 2.22. The minimum absolute atomic E-state index is 0.160. The Kier molecular flexibility index (Phi) is 5.48. The second kappa shape index (κ2) is 7.97. The topological polar surface area (TPSA) is 84.1 Å². The van der Waals surface area contributed by atoms with Crippen molar-refractivity contribution in [1.29, 1.82) is 0 Å². The Balaban J connectivity index is 1.68. The predicted molar refractivity (Wildman–Crippen MR) is 102 cm³/mol. The first-order valence-corrected chi connectivity index (χ1v) is 9.05. The highest BCUT2D eigenvalue weighted by molar-refractivity contribution is 7.15. The van der Waals surface area contributed by atoms with Gasteiger partial charge < -0.3 is 9.72 Å². The van der Waals surface area contributed by atoms with Crippen LogP contribution in [0.5, 0.6) is 5.75 Å².